The first-order valence-electron chi connectivity index (χ1n) is 10.6. The summed E-state index contributed by atoms with van der Waals surface area (Å²) in [5.41, 5.74) is 1.55. The third-order valence-electron chi connectivity index (χ3n) is 5.86. The van der Waals surface area contributed by atoms with Crippen LogP contribution in [0.5, 0.6) is 11.5 Å². The summed E-state index contributed by atoms with van der Waals surface area (Å²) in [6, 6.07) is 14.4. The molecule has 1 unspecified atom stereocenters. The van der Waals surface area contributed by atoms with Crippen molar-refractivity contribution in [2.24, 2.45) is 0 Å². The smallest absolute Gasteiger partial charge is 0.290 e. The molecular weight excluding hydrogens is 516 g/mol. The highest BCUT2D eigenvalue weighted by Gasteiger charge is 2.45. The predicted octanol–water partition coefficient (Wildman–Crippen LogP) is 5.08. The lowest BCUT2D eigenvalue weighted by Crippen LogP contribution is -2.30. The second kappa shape index (κ2) is 8.92. The van der Waals surface area contributed by atoms with Gasteiger partial charge in [0.1, 0.15) is 5.58 Å². The van der Waals surface area contributed by atoms with Gasteiger partial charge in [0.2, 0.25) is 5.78 Å². The number of nitrogens with zero attached hydrogens (tertiary/aromatic N) is 2. The molecule has 1 amide bonds. The molecule has 9 heteroatoms. The van der Waals surface area contributed by atoms with Crippen molar-refractivity contribution in [2.45, 2.75) is 12.6 Å². The van der Waals surface area contributed by atoms with E-state index in [1.54, 1.807) is 54.9 Å². The zero-order valence-electron chi connectivity index (χ0n) is 18.4. The molecule has 1 aliphatic rings. The molecule has 4 aromatic rings. The number of ketones is 1. The SMILES string of the molecule is COc1cc(C2C(C(=O)c3cc4ccccc4o3)=C(O)C(=O)N2Cc2cccnc2)cc(Br)c1O. The first-order valence-corrected chi connectivity index (χ1v) is 11.4. The van der Waals surface area contributed by atoms with Crippen LogP contribution in [0.25, 0.3) is 11.0 Å². The Morgan fingerprint density at radius 1 is 1.17 bits per heavy atom. The van der Waals surface area contributed by atoms with Crippen LogP contribution in [-0.2, 0) is 11.3 Å². The van der Waals surface area contributed by atoms with Gasteiger partial charge >= 0.3 is 0 Å². The number of carbonyl (C=O) groups is 2. The lowest BCUT2D eigenvalue weighted by Gasteiger charge is -2.27. The number of aromatic hydroxyl groups is 1. The summed E-state index contributed by atoms with van der Waals surface area (Å²) in [5.74, 6) is -1.97. The summed E-state index contributed by atoms with van der Waals surface area (Å²) < 4.78 is 11.3. The Labute approximate surface area is 208 Å². The number of methoxy groups -OCH3 is 1. The van der Waals surface area contributed by atoms with Gasteiger partial charge in [-0.25, -0.2) is 0 Å². The average molecular weight is 535 g/mol. The number of furan rings is 1. The molecule has 0 radical (unpaired) electrons. The van der Waals surface area contributed by atoms with Crippen molar-refractivity contribution >= 4 is 38.6 Å². The van der Waals surface area contributed by atoms with Crippen molar-refractivity contribution in [3.8, 4) is 11.5 Å². The number of benzene rings is 2. The number of halogens is 1. The number of ether oxygens (including phenoxy) is 1. The van der Waals surface area contributed by atoms with Crippen molar-refractivity contribution in [1.29, 1.82) is 0 Å². The van der Waals surface area contributed by atoms with Crippen molar-refractivity contribution < 1.29 is 29.0 Å². The first-order chi connectivity index (χ1) is 16.9. The predicted molar refractivity (Wildman–Crippen MR) is 130 cm³/mol. The second-order valence-electron chi connectivity index (χ2n) is 7.99. The van der Waals surface area contributed by atoms with Gasteiger partial charge < -0.3 is 24.3 Å². The number of pyridine rings is 1. The molecular formula is C26H19BrN2O6. The summed E-state index contributed by atoms with van der Waals surface area (Å²) in [7, 11) is 1.40. The second-order valence-corrected chi connectivity index (χ2v) is 8.84. The number of amides is 1. The number of para-hydroxylation sites is 1. The van der Waals surface area contributed by atoms with Crippen LogP contribution in [0.3, 0.4) is 0 Å². The molecule has 3 heterocycles. The number of phenolic OH excluding ortho intramolecular Hbond substituents is 1. The number of aromatic nitrogens is 1. The van der Waals surface area contributed by atoms with E-state index >= 15 is 0 Å². The van der Waals surface area contributed by atoms with E-state index < -0.39 is 23.5 Å². The minimum absolute atomic E-state index is 0.00131. The topological polar surface area (TPSA) is 113 Å². The Balaban J connectivity index is 1.65. The molecule has 2 N–H and O–H groups in total. The zero-order valence-corrected chi connectivity index (χ0v) is 20.0. The van der Waals surface area contributed by atoms with Gasteiger partial charge in [0, 0.05) is 24.3 Å². The standard InChI is InChI=1S/C26H19BrN2O6/c1-34-19-11-16(9-17(27)23(19)30)22-21(24(31)20-10-15-6-2-3-7-18(15)35-20)25(32)26(33)29(22)13-14-5-4-8-28-12-14/h2-12,22,30,32H,13H2,1H3. The van der Waals surface area contributed by atoms with Crippen molar-refractivity contribution in [1.82, 2.24) is 9.88 Å². The summed E-state index contributed by atoms with van der Waals surface area (Å²) in [4.78, 5) is 32.4. The van der Waals surface area contributed by atoms with Gasteiger partial charge in [-0.05, 0) is 57.4 Å². The lowest BCUT2D eigenvalue weighted by molar-refractivity contribution is -0.130. The maximum absolute atomic E-state index is 13.7. The Hall–Kier alpha value is -4.11. The summed E-state index contributed by atoms with van der Waals surface area (Å²) in [5, 5.41) is 21.9. The minimum atomic E-state index is -0.978. The Kier molecular flexibility index (Phi) is 5.78. The van der Waals surface area contributed by atoms with E-state index in [0.29, 0.717) is 21.2 Å². The molecule has 0 fully saturated rings. The highest BCUT2D eigenvalue weighted by molar-refractivity contribution is 9.10. The van der Waals surface area contributed by atoms with Gasteiger partial charge in [0.05, 0.1) is 23.2 Å². The number of Topliss-reactive ketones (excluding diaryl/α,β-unsaturated/α-hetero) is 1. The molecule has 2 aromatic heterocycles. The molecule has 0 bridgehead atoms. The number of aliphatic hydroxyl groups is 1. The number of carbonyl (C=O) groups excluding carboxylic acids is 2. The Morgan fingerprint density at radius 2 is 1.97 bits per heavy atom. The maximum Gasteiger partial charge on any atom is 0.290 e. The number of rotatable bonds is 6. The highest BCUT2D eigenvalue weighted by Crippen LogP contribution is 2.45. The van der Waals surface area contributed by atoms with Gasteiger partial charge in [-0.2, -0.15) is 0 Å². The van der Waals surface area contributed by atoms with E-state index in [0.717, 1.165) is 5.39 Å². The van der Waals surface area contributed by atoms with E-state index in [-0.39, 0.29) is 29.4 Å². The van der Waals surface area contributed by atoms with Gasteiger partial charge in [-0.15, -0.1) is 0 Å². The fourth-order valence-corrected chi connectivity index (χ4v) is 4.68. The van der Waals surface area contributed by atoms with Crippen LogP contribution in [0.4, 0.5) is 0 Å². The molecule has 176 valence electrons. The van der Waals surface area contributed by atoms with Gasteiger partial charge in [-0.3, -0.25) is 14.6 Å². The molecule has 2 aromatic carbocycles. The van der Waals surface area contributed by atoms with Crippen LogP contribution < -0.4 is 4.74 Å². The number of hydrogen-bond donors (Lipinski definition) is 2. The summed E-state index contributed by atoms with van der Waals surface area (Å²) in [6.07, 6.45) is 3.22. The molecule has 0 saturated heterocycles. The normalized spacial score (nSPS) is 15.8. The Bertz CT molecular complexity index is 1460. The fraction of sp³-hybridized carbons (Fsp3) is 0.115. The van der Waals surface area contributed by atoms with Gasteiger partial charge in [0.25, 0.3) is 5.91 Å². The average Bonchev–Trinajstić information content (AvgIpc) is 3.41. The molecule has 0 spiro atoms. The van der Waals surface area contributed by atoms with E-state index in [4.69, 9.17) is 9.15 Å². The van der Waals surface area contributed by atoms with Gasteiger partial charge in [0.15, 0.2) is 23.0 Å². The lowest BCUT2D eigenvalue weighted by atomic mass is 9.94. The van der Waals surface area contributed by atoms with Crippen LogP contribution in [0.15, 0.2) is 87.2 Å². The number of phenols is 1. The molecule has 1 aliphatic heterocycles. The third kappa shape index (κ3) is 3.93. The van der Waals surface area contributed by atoms with E-state index in [2.05, 4.69) is 20.9 Å². The van der Waals surface area contributed by atoms with Crippen LogP contribution in [-0.4, -0.2) is 38.9 Å². The molecule has 5 rings (SSSR count). The largest absolute Gasteiger partial charge is 0.503 e. The molecule has 35 heavy (non-hydrogen) atoms. The van der Waals surface area contributed by atoms with E-state index in [9.17, 15) is 19.8 Å². The van der Waals surface area contributed by atoms with Crippen molar-refractivity contribution in [3.63, 3.8) is 0 Å². The van der Waals surface area contributed by atoms with Crippen LogP contribution in [0.2, 0.25) is 0 Å². The quantitative estimate of drug-likeness (QED) is 0.331. The van der Waals surface area contributed by atoms with Crippen LogP contribution >= 0.6 is 15.9 Å². The minimum Gasteiger partial charge on any atom is -0.503 e. The fourth-order valence-electron chi connectivity index (χ4n) is 4.22. The van der Waals surface area contributed by atoms with Gasteiger partial charge in [-0.1, -0.05) is 24.3 Å². The van der Waals surface area contributed by atoms with Crippen LogP contribution in [0, 0.1) is 0 Å². The van der Waals surface area contributed by atoms with E-state index in [1.165, 1.54) is 18.1 Å². The molecule has 1 atom stereocenters. The van der Waals surface area contributed by atoms with E-state index in [1.807, 2.05) is 6.07 Å². The zero-order chi connectivity index (χ0) is 24.7. The number of fused-ring (bicyclic) bond motifs is 1. The number of hydrogen-bond acceptors (Lipinski definition) is 7. The third-order valence-corrected chi connectivity index (χ3v) is 6.46. The molecule has 0 aliphatic carbocycles. The molecule has 0 saturated carbocycles. The summed E-state index contributed by atoms with van der Waals surface area (Å²) >= 11 is 3.30. The van der Waals surface area contributed by atoms with Crippen LogP contribution in [0.1, 0.15) is 27.7 Å². The number of aliphatic hydroxyl groups excluding tert-OH is 1. The molecule has 8 nitrogen and oxygen atoms in total. The van der Waals surface area contributed by atoms with Crippen molar-refractivity contribution in [2.75, 3.05) is 7.11 Å². The maximum atomic E-state index is 13.7. The Morgan fingerprint density at radius 3 is 2.69 bits per heavy atom. The summed E-state index contributed by atoms with van der Waals surface area (Å²) in [6.45, 7) is 0.0825. The highest BCUT2D eigenvalue weighted by atomic mass is 79.9. The monoisotopic (exact) mass is 534 g/mol. The first kappa shape index (κ1) is 22.7. The van der Waals surface area contributed by atoms with Crippen molar-refractivity contribution in [3.05, 3.63) is 99.7 Å².